The lowest BCUT2D eigenvalue weighted by Gasteiger charge is -2.16. The van der Waals surface area contributed by atoms with Gasteiger partial charge in [0.1, 0.15) is 5.41 Å². The zero-order chi connectivity index (χ0) is 18.7. The number of amides is 3. The normalized spacial score (nSPS) is 14.2. The first-order valence-corrected chi connectivity index (χ1v) is 8.53. The second-order valence-corrected chi connectivity index (χ2v) is 6.70. The molecule has 0 saturated heterocycles. The molecule has 1 fully saturated rings. The van der Waals surface area contributed by atoms with Crippen LogP contribution < -0.4 is 16.0 Å². The van der Waals surface area contributed by atoms with Crippen molar-refractivity contribution in [1.82, 2.24) is 0 Å². The molecule has 6 nitrogen and oxygen atoms in total. The predicted octanol–water partition coefficient (Wildman–Crippen LogP) is 3.66. The minimum absolute atomic E-state index is 0.170. The van der Waals surface area contributed by atoms with Crippen LogP contribution in [0.2, 0.25) is 5.02 Å². The Hall–Kier alpha value is -2.86. The fraction of sp³-hybridized carbons (Fsp3) is 0.211. The molecule has 0 heterocycles. The average molecular weight is 372 g/mol. The van der Waals surface area contributed by atoms with Gasteiger partial charge in [0.25, 0.3) is 0 Å². The average Bonchev–Trinajstić information content (AvgIpc) is 3.38. The largest absolute Gasteiger partial charge is 0.326 e. The van der Waals surface area contributed by atoms with E-state index in [0.29, 0.717) is 34.9 Å². The van der Waals surface area contributed by atoms with Gasteiger partial charge in [0.2, 0.25) is 17.7 Å². The molecule has 0 bridgehead atoms. The molecule has 0 unspecified atom stereocenters. The highest BCUT2D eigenvalue weighted by atomic mass is 35.5. The molecule has 0 atom stereocenters. The van der Waals surface area contributed by atoms with Gasteiger partial charge in [-0.2, -0.15) is 0 Å². The standard InChI is InChI=1S/C19H18ClN3O3/c1-12(24)21-14-5-7-15(8-6-14)22-17(25)19(9-10-19)18(26)23-16-4-2-3-13(20)11-16/h2-8,11H,9-10H2,1H3,(H,21,24)(H,22,25)(H,23,26). The van der Waals surface area contributed by atoms with E-state index in [1.807, 2.05) is 0 Å². The van der Waals surface area contributed by atoms with E-state index in [0.717, 1.165) is 0 Å². The number of hydrogen-bond donors (Lipinski definition) is 3. The third-order valence-electron chi connectivity index (χ3n) is 4.16. The van der Waals surface area contributed by atoms with Crippen molar-refractivity contribution in [2.45, 2.75) is 19.8 Å². The Morgan fingerprint density at radius 3 is 1.88 bits per heavy atom. The summed E-state index contributed by atoms with van der Waals surface area (Å²) in [5, 5.41) is 8.68. The van der Waals surface area contributed by atoms with Crippen molar-refractivity contribution in [3.05, 3.63) is 53.6 Å². The van der Waals surface area contributed by atoms with E-state index in [4.69, 9.17) is 11.6 Å². The van der Waals surface area contributed by atoms with Gasteiger partial charge in [0.05, 0.1) is 0 Å². The number of benzene rings is 2. The molecule has 0 aliphatic heterocycles. The maximum atomic E-state index is 12.6. The van der Waals surface area contributed by atoms with Gasteiger partial charge in [0, 0.05) is 29.0 Å². The van der Waals surface area contributed by atoms with E-state index < -0.39 is 5.41 Å². The van der Waals surface area contributed by atoms with E-state index in [2.05, 4.69) is 16.0 Å². The van der Waals surface area contributed by atoms with Gasteiger partial charge in [-0.3, -0.25) is 14.4 Å². The molecule has 3 amide bonds. The third kappa shape index (κ3) is 4.03. The maximum absolute atomic E-state index is 12.6. The Kier molecular flexibility index (Phi) is 4.95. The number of nitrogens with one attached hydrogen (secondary N) is 3. The molecule has 26 heavy (non-hydrogen) atoms. The van der Waals surface area contributed by atoms with Crippen molar-refractivity contribution in [3.63, 3.8) is 0 Å². The molecule has 3 N–H and O–H groups in total. The maximum Gasteiger partial charge on any atom is 0.240 e. The molecule has 1 aliphatic rings. The van der Waals surface area contributed by atoms with Crippen molar-refractivity contribution < 1.29 is 14.4 Å². The summed E-state index contributed by atoms with van der Waals surface area (Å²) in [6.07, 6.45) is 0.990. The number of anilines is 3. The van der Waals surface area contributed by atoms with Gasteiger partial charge < -0.3 is 16.0 Å². The molecule has 2 aromatic rings. The topological polar surface area (TPSA) is 87.3 Å². The van der Waals surface area contributed by atoms with Crippen LogP contribution in [-0.4, -0.2) is 17.7 Å². The SMILES string of the molecule is CC(=O)Nc1ccc(NC(=O)C2(C(=O)Nc3cccc(Cl)c3)CC2)cc1. The Morgan fingerprint density at radius 1 is 0.846 bits per heavy atom. The molecular weight excluding hydrogens is 354 g/mol. The lowest BCUT2D eigenvalue weighted by Crippen LogP contribution is -2.35. The van der Waals surface area contributed by atoms with Crippen LogP contribution in [0.25, 0.3) is 0 Å². The van der Waals surface area contributed by atoms with Crippen LogP contribution in [-0.2, 0) is 14.4 Å². The van der Waals surface area contributed by atoms with E-state index in [9.17, 15) is 14.4 Å². The van der Waals surface area contributed by atoms with Crippen LogP contribution in [0.3, 0.4) is 0 Å². The Morgan fingerprint density at radius 2 is 1.38 bits per heavy atom. The zero-order valence-corrected chi connectivity index (χ0v) is 14.9. The summed E-state index contributed by atoms with van der Waals surface area (Å²) in [5.41, 5.74) is 0.695. The van der Waals surface area contributed by atoms with Crippen molar-refractivity contribution in [2.24, 2.45) is 5.41 Å². The first kappa shape index (κ1) is 17.9. The van der Waals surface area contributed by atoms with Crippen LogP contribution >= 0.6 is 11.6 Å². The molecule has 0 spiro atoms. The monoisotopic (exact) mass is 371 g/mol. The molecule has 0 aromatic heterocycles. The minimum Gasteiger partial charge on any atom is -0.326 e. The molecule has 7 heteroatoms. The summed E-state index contributed by atoms with van der Waals surface area (Å²) in [6, 6.07) is 13.5. The van der Waals surface area contributed by atoms with Gasteiger partial charge in [-0.05, 0) is 55.3 Å². The summed E-state index contributed by atoms with van der Waals surface area (Å²) in [4.78, 5) is 36.2. The minimum atomic E-state index is -1.06. The summed E-state index contributed by atoms with van der Waals surface area (Å²) >= 11 is 5.92. The lowest BCUT2D eigenvalue weighted by atomic mass is 10.0. The summed E-state index contributed by atoms with van der Waals surface area (Å²) in [7, 11) is 0. The summed E-state index contributed by atoms with van der Waals surface area (Å²) in [6.45, 7) is 1.42. The lowest BCUT2D eigenvalue weighted by molar-refractivity contribution is -0.131. The van der Waals surface area contributed by atoms with Crippen LogP contribution in [0.1, 0.15) is 19.8 Å². The predicted molar refractivity (Wildman–Crippen MR) is 101 cm³/mol. The number of carbonyl (C=O) groups is 3. The zero-order valence-electron chi connectivity index (χ0n) is 14.1. The van der Waals surface area contributed by atoms with Crippen LogP contribution in [0.15, 0.2) is 48.5 Å². The highest BCUT2D eigenvalue weighted by Crippen LogP contribution is 2.47. The van der Waals surface area contributed by atoms with Crippen molar-refractivity contribution in [3.8, 4) is 0 Å². The van der Waals surface area contributed by atoms with Gasteiger partial charge >= 0.3 is 0 Å². The molecular formula is C19H18ClN3O3. The van der Waals surface area contributed by atoms with E-state index in [1.165, 1.54) is 6.92 Å². The van der Waals surface area contributed by atoms with Crippen LogP contribution in [0, 0.1) is 5.41 Å². The van der Waals surface area contributed by atoms with Crippen LogP contribution in [0.5, 0.6) is 0 Å². The highest BCUT2D eigenvalue weighted by Gasteiger charge is 2.56. The number of halogens is 1. The molecule has 0 radical (unpaired) electrons. The van der Waals surface area contributed by atoms with E-state index >= 15 is 0 Å². The fourth-order valence-electron chi connectivity index (χ4n) is 2.59. The second kappa shape index (κ2) is 7.17. The van der Waals surface area contributed by atoms with Gasteiger partial charge in [-0.15, -0.1) is 0 Å². The first-order chi connectivity index (χ1) is 12.4. The molecule has 1 aliphatic carbocycles. The van der Waals surface area contributed by atoms with E-state index in [1.54, 1.807) is 48.5 Å². The van der Waals surface area contributed by atoms with Gasteiger partial charge in [-0.25, -0.2) is 0 Å². The van der Waals surface area contributed by atoms with Crippen LogP contribution in [0.4, 0.5) is 17.1 Å². The molecule has 3 rings (SSSR count). The smallest absolute Gasteiger partial charge is 0.240 e. The summed E-state index contributed by atoms with van der Waals surface area (Å²) in [5.74, 6) is -0.854. The second-order valence-electron chi connectivity index (χ2n) is 6.26. The number of carbonyl (C=O) groups excluding carboxylic acids is 3. The first-order valence-electron chi connectivity index (χ1n) is 8.15. The molecule has 134 valence electrons. The van der Waals surface area contributed by atoms with Gasteiger partial charge in [0.15, 0.2) is 0 Å². The Labute approximate surface area is 155 Å². The van der Waals surface area contributed by atoms with Crippen molar-refractivity contribution in [2.75, 3.05) is 16.0 Å². The quantitative estimate of drug-likeness (QED) is 0.701. The number of hydrogen-bond acceptors (Lipinski definition) is 3. The van der Waals surface area contributed by atoms with E-state index in [-0.39, 0.29) is 17.7 Å². The Bertz CT molecular complexity index is 861. The third-order valence-corrected chi connectivity index (χ3v) is 4.40. The Balaban J connectivity index is 1.65. The van der Waals surface area contributed by atoms with Crippen molar-refractivity contribution in [1.29, 1.82) is 0 Å². The van der Waals surface area contributed by atoms with Crippen molar-refractivity contribution >= 4 is 46.4 Å². The summed E-state index contributed by atoms with van der Waals surface area (Å²) < 4.78 is 0. The molecule has 2 aromatic carbocycles. The molecule has 1 saturated carbocycles. The highest BCUT2D eigenvalue weighted by molar-refractivity contribution is 6.31. The van der Waals surface area contributed by atoms with Gasteiger partial charge in [-0.1, -0.05) is 17.7 Å². The fourth-order valence-corrected chi connectivity index (χ4v) is 2.78. The number of rotatable bonds is 5.